The minimum Gasteiger partial charge on any atom is -0.488 e. The molecule has 0 saturated carbocycles. The molecule has 3 aromatic rings. The maximum atomic E-state index is 12.6. The zero-order valence-corrected chi connectivity index (χ0v) is 13.6. The molecule has 1 aliphatic rings. The summed E-state index contributed by atoms with van der Waals surface area (Å²) < 4.78 is 17.1. The van der Waals surface area contributed by atoms with Gasteiger partial charge in [-0.3, -0.25) is 4.79 Å². The summed E-state index contributed by atoms with van der Waals surface area (Å²) in [5.74, 6) is 1.07. The van der Waals surface area contributed by atoms with Crippen molar-refractivity contribution in [1.82, 2.24) is 0 Å². The maximum Gasteiger partial charge on any atom is 0.344 e. The Balaban J connectivity index is 2.39. The summed E-state index contributed by atoms with van der Waals surface area (Å²) in [5.41, 5.74) is 2.15. The quantitative estimate of drug-likeness (QED) is 0.507. The molecule has 24 heavy (non-hydrogen) atoms. The van der Waals surface area contributed by atoms with Crippen molar-refractivity contribution in [3.05, 3.63) is 55.2 Å². The molecule has 0 spiro atoms. The Morgan fingerprint density at radius 1 is 1.12 bits per heavy atom. The van der Waals surface area contributed by atoms with Crippen LogP contribution in [0.25, 0.3) is 28.0 Å². The molecule has 1 aliphatic heterocycles. The van der Waals surface area contributed by atoms with Crippen LogP contribution in [-0.2, 0) is 6.42 Å². The van der Waals surface area contributed by atoms with E-state index in [1.807, 2.05) is 19.9 Å². The van der Waals surface area contributed by atoms with Crippen LogP contribution >= 0.6 is 0 Å². The van der Waals surface area contributed by atoms with E-state index in [0.717, 1.165) is 5.57 Å². The summed E-state index contributed by atoms with van der Waals surface area (Å²) in [4.78, 5) is 24.5. The molecule has 121 valence electrons. The summed E-state index contributed by atoms with van der Waals surface area (Å²) >= 11 is 0. The van der Waals surface area contributed by atoms with E-state index in [1.54, 1.807) is 6.92 Å². The van der Waals surface area contributed by atoms with E-state index in [2.05, 4.69) is 6.07 Å². The number of benzene rings is 1. The van der Waals surface area contributed by atoms with Gasteiger partial charge in [0.25, 0.3) is 0 Å². The van der Waals surface area contributed by atoms with Gasteiger partial charge in [0.2, 0.25) is 0 Å². The highest BCUT2D eigenvalue weighted by atomic mass is 16.5. The minimum absolute atomic E-state index is 0.214. The summed E-state index contributed by atoms with van der Waals surface area (Å²) in [5, 5.41) is 0.893. The van der Waals surface area contributed by atoms with E-state index in [-0.39, 0.29) is 16.4 Å². The number of ether oxygens (including phenoxy) is 1. The highest BCUT2D eigenvalue weighted by Gasteiger charge is 2.25. The van der Waals surface area contributed by atoms with Crippen molar-refractivity contribution in [2.45, 2.75) is 27.2 Å². The van der Waals surface area contributed by atoms with Gasteiger partial charge in [-0.2, -0.15) is 0 Å². The van der Waals surface area contributed by atoms with E-state index in [9.17, 15) is 9.59 Å². The second-order valence-corrected chi connectivity index (χ2v) is 6.00. The van der Waals surface area contributed by atoms with E-state index in [1.165, 1.54) is 6.07 Å². The molecule has 0 saturated heterocycles. The van der Waals surface area contributed by atoms with Crippen LogP contribution < -0.4 is 15.8 Å². The predicted molar refractivity (Wildman–Crippen MR) is 90.6 cm³/mol. The molecule has 5 heteroatoms. The second-order valence-electron chi connectivity index (χ2n) is 6.00. The van der Waals surface area contributed by atoms with Crippen LogP contribution in [0.2, 0.25) is 0 Å². The van der Waals surface area contributed by atoms with Gasteiger partial charge in [-0.1, -0.05) is 6.92 Å². The molecule has 0 fully saturated rings. The van der Waals surface area contributed by atoms with E-state index >= 15 is 0 Å². The number of fused-ring (bicyclic) bond motifs is 6. The molecule has 1 radical (unpaired) electrons. The topological polar surface area (TPSA) is 69.7 Å². The lowest BCUT2D eigenvalue weighted by molar-refractivity contribution is 0.350. The Kier molecular flexibility index (Phi) is 3.13. The lowest BCUT2D eigenvalue weighted by Crippen LogP contribution is -2.12. The normalized spacial score (nSPS) is 13.7. The molecule has 0 aliphatic carbocycles. The third kappa shape index (κ3) is 2.01. The van der Waals surface area contributed by atoms with Crippen LogP contribution in [0.5, 0.6) is 5.75 Å². The van der Waals surface area contributed by atoms with Crippen LogP contribution in [0.3, 0.4) is 0 Å². The van der Waals surface area contributed by atoms with Crippen molar-refractivity contribution >= 4 is 28.0 Å². The largest absolute Gasteiger partial charge is 0.488 e. The van der Waals surface area contributed by atoms with Crippen LogP contribution in [0.1, 0.15) is 30.7 Å². The fourth-order valence-electron chi connectivity index (χ4n) is 3.18. The molecular formula is C19H15O5. The highest BCUT2D eigenvalue weighted by Crippen LogP contribution is 2.41. The van der Waals surface area contributed by atoms with Gasteiger partial charge >= 0.3 is 5.63 Å². The first-order valence-electron chi connectivity index (χ1n) is 7.79. The van der Waals surface area contributed by atoms with Crippen LogP contribution in [0.15, 0.2) is 30.1 Å². The molecule has 3 heterocycles. The number of hydrogen-bond acceptors (Lipinski definition) is 5. The van der Waals surface area contributed by atoms with Gasteiger partial charge in [0.15, 0.2) is 16.6 Å². The van der Waals surface area contributed by atoms with Crippen molar-refractivity contribution in [2.24, 2.45) is 0 Å². The average molecular weight is 323 g/mol. The molecule has 1 aromatic carbocycles. The van der Waals surface area contributed by atoms with Crippen LogP contribution in [0, 0.1) is 13.0 Å². The van der Waals surface area contributed by atoms with Gasteiger partial charge in [0.1, 0.15) is 23.5 Å². The smallest absolute Gasteiger partial charge is 0.344 e. The summed E-state index contributed by atoms with van der Waals surface area (Å²) in [6.07, 6.45) is 2.52. The first-order chi connectivity index (χ1) is 11.5. The summed E-state index contributed by atoms with van der Waals surface area (Å²) in [6, 6.07) is 4.10. The van der Waals surface area contributed by atoms with Crippen molar-refractivity contribution in [2.75, 3.05) is 6.61 Å². The van der Waals surface area contributed by atoms with Crippen molar-refractivity contribution in [1.29, 1.82) is 0 Å². The zero-order chi connectivity index (χ0) is 17.0. The SMILES string of the molecule is CCc1[c]c(=O)oc2c1c1c(c3oc(C)cc(=O)c32)C=C(C)CO1. The molecule has 2 aromatic heterocycles. The molecule has 0 unspecified atom stereocenters. The second kappa shape index (κ2) is 5.09. The van der Waals surface area contributed by atoms with Gasteiger partial charge in [-0.15, -0.1) is 0 Å². The minimum atomic E-state index is -0.608. The number of hydrogen-bond donors (Lipinski definition) is 0. The Labute approximate surface area is 137 Å². The third-order valence-electron chi connectivity index (χ3n) is 4.18. The molecule has 5 nitrogen and oxygen atoms in total. The van der Waals surface area contributed by atoms with E-state index < -0.39 is 5.63 Å². The molecule has 0 atom stereocenters. The Bertz CT molecular complexity index is 1140. The highest BCUT2D eigenvalue weighted by molar-refractivity contribution is 6.10. The van der Waals surface area contributed by atoms with Crippen molar-refractivity contribution in [3.63, 3.8) is 0 Å². The zero-order valence-electron chi connectivity index (χ0n) is 13.6. The Morgan fingerprint density at radius 2 is 1.92 bits per heavy atom. The molecule has 0 bridgehead atoms. The first-order valence-corrected chi connectivity index (χ1v) is 7.79. The van der Waals surface area contributed by atoms with E-state index in [4.69, 9.17) is 13.6 Å². The van der Waals surface area contributed by atoms with E-state index in [0.29, 0.717) is 46.6 Å². The third-order valence-corrected chi connectivity index (χ3v) is 4.18. The fraction of sp³-hybridized carbons (Fsp3) is 0.263. The Morgan fingerprint density at radius 3 is 2.67 bits per heavy atom. The molecule has 0 amide bonds. The lowest BCUT2D eigenvalue weighted by Gasteiger charge is -2.20. The molecule has 0 N–H and O–H groups in total. The van der Waals surface area contributed by atoms with Crippen molar-refractivity contribution < 1.29 is 13.6 Å². The maximum absolute atomic E-state index is 12.6. The summed E-state index contributed by atoms with van der Waals surface area (Å²) in [7, 11) is 0. The van der Waals surface area contributed by atoms with Crippen LogP contribution in [0.4, 0.5) is 0 Å². The van der Waals surface area contributed by atoms with Gasteiger partial charge in [0, 0.05) is 6.07 Å². The number of aryl methyl sites for hydroxylation is 2. The average Bonchev–Trinajstić information content (AvgIpc) is 2.53. The predicted octanol–water partition coefficient (Wildman–Crippen LogP) is 3.37. The molecular weight excluding hydrogens is 308 g/mol. The van der Waals surface area contributed by atoms with Gasteiger partial charge in [-0.25, -0.2) is 4.79 Å². The molecule has 4 rings (SSSR count). The number of rotatable bonds is 1. The fourth-order valence-corrected chi connectivity index (χ4v) is 3.18. The first kappa shape index (κ1) is 14.8. The lowest BCUT2D eigenvalue weighted by atomic mass is 9.97. The van der Waals surface area contributed by atoms with Gasteiger partial charge in [0.05, 0.1) is 17.0 Å². The summed E-state index contributed by atoms with van der Waals surface area (Å²) in [6.45, 7) is 6.02. The van der Waals surface area contributed by atoms with Gasteiger partial charge in [-0.05, 0) is 37.5 Å². The standard InChI is InChI=1S/C19H15O5/c1-4-11-7-14(21)24-19-15(11)17-12(5-9(2)8-22-17)18-16(19)13(20)6-10(3)23-18/h5-6H,4,8H2,1-3H3. The van der Waals surface area contributed by atoms with Gasteiger partial charge < -0.3 is 13.6 Å². The monoisotopic (exact) mass is 323 g/mol. The van der Waals surface area contributed by atoms with Crippen molar-refractivity contribution in [3.8, 4) is 5.75 Å². The Hall–Kier alpha value is -2.82. The van der Waals surface area contributed by atoms with Crippen LogP contribution in [-0.4, -0.2) is 6.61 Å².